The molecule has 0 unspecified atom stereocenters. The van der Waals surface area contributed by atoms with E-state index < -0.39 is 0 Å². The largest absolute Gasteiger partial charge is 0.347 e. The standard InChI is InChI=1S/C19H15NO2/c1-20-13-12-16(18(21)14-8-4-2-5-9-14)17(20)19(22)15-10-6-3-7-11-15/h2-13H,1H3. The highest BCUT2D eigenvalue weighted by atomic mass is 16.1. The number of nitrogens with zero attached hydrogens (tertiary/aromatic N) is 1. The smallest absolute Gasteiger partial charge is 0.210 e. The molecule has 1 heterocycles. The molecule has 0 atom stereocenters. The van der Waals surface area contributed by atoms with Crippen LogP contribution >= 0.6 is 0 Å². The molecule has 0 fully saturated rings. The van der Waals surface area contributed by atoms with Gasteiger partial charge in [-0.1, -0.05) is 60.7 Å². The van der Waals surface area contributed by atoms with Crippen LogP contribution in [0.15, 0.2) is 72.9 Å². The van der Waals surface area contributed by atoms with Gasteiger partial charge in [0.1, 0.15) is 5.69 Å². The zero-order chi connectivity index (χ0) is 15.5. The number of hydrogen-bond donors (Lipinski definition) is 0. The van der Waals surface area contributed by atoms with E-state index in [9.17, 15) is 9.59 Å². The summed E-state index contributed by atoms with van der Waals surface area (Å²) < 4.78 is 1.70. The first-order chi connectivity index (χ1) is 10.7. The minimum absolute atomic E-state index is 0.138. The summed E-state index contributed by atoms with van der Waals surface area (Å²) in [6.45, 7) is 0. The Balaban J connectivity index is 2.05. The van der Waals surface area contributed by atoms with Crippen LogP contribution in [-0.4, -0.2) is 16.1 Å². The normalized spacial score (nSPS) is 10.4. The molecule has 108 valence electrons. The fraction of sp³-hybridized carbons (Fsp3) is 0.0526. The first-order valence-corrected chi connectivity index (χ1v) is 7.03. The summed E-state index contributed by atoms with van der Waals surface area (Å²) in [5, 5.41) is 0. The van der Waals surface area contributed by atoms with Crippen molar-refractivity contribution in [3.05, 3.63) is 95.3 Å². The van der Waals surface area contributed by atoms with E-state index in [1.54, 1.807) is 48.1 Å². The molecule has 3 nitrogen and oxygen atoms in total. The summed E-state index contributed by atoms with van der Waals surface area (Å²) in [6.07, 6.45) is 1.74. The molecule has 0 bridgehead atoms. The highest BCUT2D eigenvalue weighted by molar-refractivity contribution is 6.19. The molecule has 1 aromatic heterocycles. The fourth-order valence-corrected chi connectivity index (χ4v) is 2.47. The fourth-order valence-electron chi connectivity index (χ4n) is 2.47. The van der Waals surface area contributed by atoms with Crippen LogP contribution in [0.2, 0.25) is 0 Å². The van der Waals surface area contributed by atoms with Gasteiger partial charge in [0.15, 0.2) is 5.78 Å². The van der Waals surface area contributed by atoms with E-state index in [-0.39, 0.29) is 11.6 Å². The maximum atomic E-state index is 12.7. The number of carbonyl (C=O) groups is 2. The number of aromatic nitrogens is 1. The van der Waals surface area contributed by atoms with Gasteiger partial charge in [0.2, 0.25) is 5.78 Å². The number of hydrogen-bond acceptors (Lipinski definition) is 2. The van der Waals surface area contributed by atoms with Gasteiger partial charge < -0.3 is 4.57 Å². The maximum absolute atomic E-state index is 12.7. The van der Waals surface area contributed by atoms with Gasteiger partial charge in [-0.15, -0.1) is 0 Å². The van der Waals surface area contributed by atoms with Crippen molar-refractivity contribution in [1.82, 2.24) is 4.57 Å². The quantitative estimate of drug-likeness (QED) is 0.690. The molecule has 0 aliphatic heterocycles. The second-order valence-corrected chi connectivity index (χ2v) is 5.08. The van der Waals surface area contributed by atoms with Crippen LogP contribution < -0.4 is 0 Å². The Kier molecular flexibility index (Phi) is 3.71. The predicted molar refractivity (Wildman–Crippen MR) is 85.2 cm³/mol. The third-order valence-electron chi connectivity index (χ3n) is 3.60. The van der Waals surface area contributed by atoms with E-state index in [2.05, 4.69) is 0 Å². The monoisotopic (exact) mass is 289 g/mol. The molecule has 0 N–H and O–H groups in total. The number of rotatable bonds is 4. The van der Waals surface area contributed by atoms with Crippen LogP contribution in [-0.2, 0) is 7.05 Å². The van der Waals surface area contributed by atoms with Crippen molar-refractivity contribution < 1.29 is 9.59 Å². The topological polar surface area (TPSA) is 39.1 Å². The lowest BCUT2D eigenvalue weighted by molar-refractivity contribution is 0.0998. The second-order valence-electron chi connectivity index (χ2n) is 5.08. The van der Waals surface area contributed by atoms with Crippen LogP contribution in [0.1, 0.15) is 32.0 Å². The Morgan fingerprint density at radius 2 is 1.23 bits per heavy atom. The van der Waals surface area contributed by atoms with E-state index in [4.69, 9.17) is 0 Å². The first kappa shape index (κ1) is 14.0. The Labute approximate surface area is 128 Å². The van der Waals surface area contributed by atoms with E-state index in [1.807, 2.05) is 36.4 Å². The van der Waals surface area contributed by atoms with Crippen molar-refractivity contribution in [1.29, 1.82) is 0 Å². The Bertz CT molecular complexity index is 817. The SMILES string of the molecule is Cn1ccc(C(=O)c2ccccc2)c1C(=O)c1ccccc1. The molecule has 3 aromatic rings. The van der Waals surface area contributed by atoms with E-state index in [0.29, 0.717) is 22.4 Å². The molecule has 0 spiro atoms. The minimum atomic E-state index is -0.146. The van der Waals surface area contributed by atoms with Gasteiger partial charge >= 0.3 is 0 Å². The van der Waals surface area contributed by atoms with Crippen molar-refractivity contribution in [2.75, 3.05) is 0 Å². The Hall–Kier alpha value is -2.94. The zero-order valence-corrected chi connectivity index (χ0v) is 12.2. The van der Waals surface area contributed by atoms with Crippen molar-refractivity contribution in [3.8, 4) is 0 Å². The van der Waals surface area contributed by atoms with Crippen LogP contribution in [0.3, 0.4) is 0 Å². The van der Waals surface area contributed by atoms with Gasteiger partial charge in [0.05, 0.1) is 5.56 Å². The van der Waals surface area contributed by atoms with E-state index >= 15 is 0 Å². The van der Waals surface area contributed by atoms with Crippen molar-refractivity contribution in [2.45, 2.75) is 0 Å². The summed E-state index contributed by atoms with van der Waals surface area (Å²) in [6, 6.07) is 19.7. The molecular weight excluding hydrogens is 274 g/mol. The van der Waals surface area contributed by atoms with Crippen molar-refractivity contribution in [3.63, 3.8) is 0 Å². The second kappa shape index (κ2) is 5.82. The maximum Gasteiger partial charge on any atom is 0.210 e. The molecule has 0 saturated carbocycles. The minimum Gasteiger partial charge on any atom is -0.347 e. The van der Waals surface area contributed by atoms with Crippen molar-refractivity contribution in [2.24, 2.45) is 7.05 Å². The molecule has 2 aromatic carbocycles. The zero-order valence-electron chi connectivity index (χ0n) is 12.2. The average Bonchev–Trinajstić information content (AvgIpc) is 2.96. The molecule has 3 heteroatoms. The molecule has 0 aliphatic carbocycles. The molecule has 3 rings (SSSR count). The van der Waals surface area contributed by atoms with Gasteiger partial charge in [0.25, 0.3) is 0 Å². The number of benzene rings is 2. The third kappa shape index (κ3) is 2.49. The lowest BCUT2D eigenvalue weighted by Crippen LogP contribution is -2.13. The summed E-state index contributed by atoms with van der Waals surface area (Å²) in [5.41, 5.74) is 2.00. The summed E-state index contributed by atoms with van der Waals surface area (Å²) in [4.78, 5) is 25.4. The molecule has 0 radical (unpaired) electrons. The van der Waals surface area contributed by atoms with Gasteiger partial charge in [-0.05, 0) is 6.07 Å². The van der Waals surface area contributed by atoms with Crippen LogP contribution in [0.5, 0.6) is 0 Å². The molecule has 0 amide bonds. The molecule has 0 aliphatic rings. The van der Waals surface area contributed by atoms with Crippen LogP contribution in [0.25, 0.3) is 0 Å². The van der Waals surface area contributed by atoms with E-state index in [0.717, 1.165) is 0 Å². The number of carbonyl (C=O) groups excluding carboxylic acids is 2. The number of aryl methyl sites for hydroxylation is 1. The lowest BCUT2D eigenvalue weighted by Gasteiger charge is -2.07. The van der Waals surface area contributed by atoms with Gasteiger partial charge in [-0.2, -0.15) is 0 Å². The van der Waals surface area contributed by atoms with Crippen molar-refractivity contribution >= 4 is 11.6 Å². The summed E-state index contributed by atoms with van der Waals surface area (Å²) in [7, 11) is 1.78. The average molecular weight is 289 g/mol. The Morgan fingerprint density at radius 1 is 0.727 bits per heavy atom. The molecular formula is C19H15NO2. The summed E-state index contributed by atoms with van der Waals surface area (Å²) in [5.74, 6) is -0.284. The van der Waals surface area contributed by atoms with Crippen LogP contribution in [0, 0.1) is 0 Å². The van der Waals surface area contributed by atoms with Gasteiger partial charge in [-0.3, -0.25) is 9.59 Å². The highest BCUT2D eigenvalue weighted by Gasteiger charge is 2.22. The van der Waals surface area contributed by atoms with E-state index in [1.165, 1.54) is 0 Å². The highest BCUT2D eigenvalue weighted by Crippen LogP contribution is 2.19. The van der Waals surface area contributed by atoms with Gasteiger partial charge in [0, 0.05) is 24.4 Å². The summed E-state index contributed by atoms with van der Waals surface area (Å²) >= 11 is 0. The molecule has 0 saturated heterocycles. The predicted octanol–water partition coefficient (Wildman–Crippen LogP) is 3.49. The Morgan fingerprint density at radius 3 is 1.77 bits per heavy atom. The first-order valence-electron chi connectivity index (χ1n) is 7.03. The van der Waals surface area contributed by atoms with Gasteiger partial charge in [-0.25, -0.2) is 0 Å². The lowest BCUT2D eigenvalue weighted by atomic mass is 9.99. The third-order valence-corrected chi connectivity index (χ3v) is 3.60. The van der Waals surface area contributed by atoms with Crippen LogP contribution in [0.4, 0.5) is 0 Å². The number of ketones is 2. The molecule has 22 heavy (non-hydrogen) atoms.